The molecule has 2 N–H and O–H groups in total. The molecule has 2 aliphatic rings. The maximum absolute atomic E-state index is 12.2. The van der Waals surface area contributed by atoms with E-state index in [0.29, 0.717) is 5.41 Å². The first-order valence-corrected chi connectivity index (χ1v) is 7.32. The topological polar surface area (TPSA) is 41.1 Å². The van der Waals surface area contributed by atoms with E-state index in [0.717, 1.165) is 19.5 Å². The van der Waals surface area contributed by atoms with Crippen molar-refractivity contribution < 1.29 is 4.79 Å². The Hall–Kier alpha value is -1.51. The predicted molar refractivity (Wildman–Crippen MR) is 77.1 cm³/mol. The summed E-state index contributed by atoms with van der Waals surface area (Å²) in [5.41, 5.74) is 2.86. The zero-order valence-electron chi connectivity index (χ0n) is 11.5. The molecule has 1 aromatic rings. The van der Waals surface area contributed by atoms with Crippen molar-refractivity contribution in [3.8, 4) is 0 Å². The van der Waals surface area contributed by atoms with Crippen molar-refractivity contribution >= 4 is 11.6 Å². The molecule has 1 aliphatic heterocycles. The van der Waals surface area contributed by atoms with Crippen LogP contribution < -0.4 is 10.6 Å². The Morgan fingerprint density at radius 1 is 1.42 bits per heavy atom. The second-order valence-corrected chi connectivity index (χ2v) is 6.01. The predicted octanol–water partition coefficient (Wildman–Crippen LogP) is 2.58. The normalized spacial score (nSPS) is 23.1. The first-order chi connectivity index (χ1) is 9.22. The molecular weight excluding hydrogens is 236 g/mol. The maximum Gasteiger partial charge on any atom is 0.225 e. The van der Waals surface area contributed by atoms with Crippen LogP contribution in [0.15, 0.2) is 24.3 Å². The molecule has 3 nitrogen and oxygen atoms in total. The molecule has 0 spiro atoms. The smallest absolute Gasteiger partial charge is 0.225 e. The van der Waals surface area contributed by atoms with Gasteiger partial charge in [0.25, 0.3) is 0 Å². The second kappa shape index (κ2) is 4.87. The third-order valence-electron chi connectivity index (χ3n) is 4.74. The van der Waals surface area contributed by atoms with E-state index < -0.39 is 0 Å². The maximum atomic E-state index is 12.2. The number of anilines is 1. The third kappa shape index (κ3) is 2.60. The van der Waals surface area contributed by atoms with Crippen LogP contribution >= 0.6 is 0 Å². The van der Waals surface area contributed by atoms with E-state index in [1.807, 2.05) is 12.1 Å². The van der Waals surface area contributed by atoms with Crippen LogP contribution in [0.2, 0.25) is 0 Å². The number of nitrogens with one attached hydrogen (secondary N) is 2. The van der Waals surface area contributed by atoms with Crippen molar-refractivity contribution in [1.82, 2.24) is 5.32 Å². The molecule has 1 atom stereocenters. The second-order valence-electron chi connectivity index (χ2n) is 6.01. The van der Waals surface area contributed by atoms with E-state index in [-0.39, 0.29) is 11.8 Å². The largest absolute Gasteiger partial charge is 0.384 e. The molecule has 1 fully saturated rings. The molecule has 1 unspecified atom stereocenters. The number of carbonyl (C=O) groups is 1. The average molecular weight is 258 g/mol. The van der Waals surface area contributed by atoms with Crippen molar-refractivity contribution in [3.63, 3.8) is 0 Å². The number of amides is 1. The molecule has 0 radical (unpaired) electrons. The molecule has 1 aliphatic carbocycles. The van der Waals surface area contributed by atoms with Gasteiger partial charge in [-0.05, 0) is 42.7 Å². The first kappa shape index (κ1) is 12.5. The Morgan fingerprint density at radius 2 is 2.21 bits per heavy atom. The quantitative estimate of drug-likeness (QED) is 0.871. The van der Waals surface area contributed by atoms with Gasteiger partial charge in [0.2, 0.25) is 5.91 Å². The minimum Gasteiger partial charge on any atom is -0.384 e. The summed E-state index contributed by atoms with van der Waals surface area (Å²) in [6, 6.07) is 8.26. The lowest BCUT2D eigenvalue weighted by molar-refractivity contribution is -0.124. The van der Waals surface area contributed by atoms with Crippen molar-refractivity contribution in [2.24, 2.45) is 11.3 Å². The Morgan fingerprint density at radius 3 is 2.95 bits per heavy atom. The van der Waals surface area contributed by atoms with Gasteiger partial charge in [0.15, 0.2) is 0 Å². The highest BCUT2D eigenvalue weighted by Crippen LogP contribution is 2.47. The molecule has 3 heteroatoms. The number of carbonyl (C=O) groups excluding carboxylic acids is 1. The van der Waals surface area contributed by atoms with E-state index in [9.17, 15) is 4.79 Å². The highest BCUT2D eigenvalue weighted by molar-refractivity contribution is 5.80. The van der Waals surface area contributed by atoms with E-state index >= 15 is 0 Å². The monoisotopic (exact) mass is 258 g/mol. The number of rotatable bonds is 4. The standard InChI is InChI=1S/C16H22N2O/c1-2-16(7-8-16)11-18-15(19)13-9-12-5-3-4-6-14(12)17-10-13/h3-6,13,17H,2,7-11H2,1H3,(H,18,19). The fraction of sp³-hybridized carbons (Fsp3) is 0.562. The van der Waals surface area contributed by atoms with Crippen molar-refractivity contribution in [3.05, 3.63) is 29.8 Å². The molecule has 3 rings (SSSR count). The molecule has 1 saturated carbocycles. The molecular formula is C16H22N2O. The fourth-order valence-corrected chi connectivity index (χ4v) is 2.88. The van der Waals surface area contributed by atoms with Crippen LogP contribution in [0.5, 0.6) is 0 Å². The van der Waals surface area contributed by atoms with Crippen LogP contribution in [0.1, 0.15) is 31.7 Å². The summed E-state index contributed by atoms with van der Waals surface area (Å²) < 4.78 is 0. The van der Waals surface area contributed by atoms with Gasteiger partial charge in [-0.25, -0.2) is 0 Å². The summed E-state index contributed by atoms with van der Waals surface area (Å²) in [7, 11) is 0. The van der Waals surface area contributed by atoms with Crippen LogP contribution in [-0.4, -0.2) is 19.0 Å². The first-order valence-electron chi connectivity index (χ1n) is 7.32. The number of fused-ring (bicyclic) bond motifs is 1. The highest BCUT2D eigenvalue weighted by Gasteiger charge is 2.41. The van der Waals surface area contributed by atoms with Crippen LogP contribution in [0, 0.1) is 11.3 Å². The van der Waals surface area contributed by atoms with Gasteiger partial charge in [0.05, 0.1) is 5.92 Å². The van der Waals surface area contributed by atoms with Crippen LogP contribution in [0.4, 0.5) is 5.69 Å². The molecule has 1 amide bonds. The highest BCUT2D eigenvalue weighted by atomic mass is 16.1. The molecule has 0 aromatic heterocycles. The SMILES string of the molecule is CCC1(CNC(=O)C2CNc3ccccc3C2)CC1. The Bertz CT molecular complexity index is 479. The molecule has 1 aromatic carbocycles. The van der Waals surface area contributed by atoms with Crippen LogP contribution in [0.25, 0.3) is 0 Å². The zero-order valence-corrected chi connectivity index (χ0v) is 11.5. The van der Waals surface area contributed by atoms with Crippen molar-refractivity contribution in [1.29, 1.82) is 0 Å². The van der Waals surface area contributed by atoms with Gasteiger partial charge in [-0.1, -0.05) is 25.1 Å². The minimum absolute atomic E-state index is 0.0718. The van der Waals surface area contributed by atoms with E-state index in [1.54, 1.807) is 0 Å². The lowest BCUT2D eigenvalue weighted by Crippen LogP contribution is -2.40. The van der Waals surface area contributed by atoms with Gasteiger partial charge in [-0.3, -0.25) is 4.79 Å². The minimum atomic E-state index is 0.0718. The van der Waals surface area contributed by atoms with Gasteiger partial charge in [0.1, 0.15) is 0 Å². The van der Waals surface area contributed by atoms with Gasteiger partial charge in [-0.2, -0.15) is 0 Å². The van der Waals surface area contributed by atoms with E-state index in [2.05, 4.69) is 29.7 Å². The van der Waals surface area contributed by atoms with E-state index in [4.69, 9.17) is 0 Å². The lowest BCUT2D eigenvalue weighted by atomic mass is 9.93. The third-order valence-corrected chi connectivity index (χ3v) is 4.74. The summed E-state index contributed by atoms with van der Waals surface area (Å²) in [5, 5.41) is 6.52. The zero-order chi connectivity index (χ0) is 13.3. The molecule has 0 bridgehead atoms. The van der Waals surface area contributed by atoms with E-state index in [1.165, 1.54) is 30.5 Å². The van der Waals surface area contributed by atoms with Crippen molar-refractivity contribution in [2.45, 2.75) is 32.6 Å². The summed E-state index contributed by atoms with van der Waals surface area (Å²) in [6.07, 6.45) is 4.58. The average Bonchev–Trinajstić information content (AvgIpc) is 3.25. The van der Waals surface area contributed by atoms with Gasteiger partial charge < -0.3 is 10.6 Å². The number of hydrogen-bond acceptors (Lipinski definition) is 2. The van der Waals surface area contributed by atoms with Gasteiger partial charge >= 0.3 is 0 Å². The van der Waals surface area contributed by atoms with Crippen LogP contribution in [-0.2, 0) is 11.2 Å². The Balaban J connectivity index is 1.57. The summed E-state index contributed by atoms with van der Waals surface area (Å²) in [6.45, 7) is 3.83. The van der Waals surface area contributed by atoms with Crippen molar-refractivity contribution in [2.75, 3.05) is 18.4 Å². The number of benzene rings is 1. The molecule has 19 heavy (non-hydrogen) atoms. The van der Waals surface area contributed by atoms with Gasteiger partial charge in [-0.15, -0.1) is 0 Å². The summed E-state index contributed by atoms with van der Waals surface area (Å²) in [4.78, 5) is 12.2. The fourth-order valence-electron chi connectivity index (χ4n) is 2.88. The number of hydrogen-bond donors (Lipinski definition) is 2. The van der Waals surface area contributed by atoms with Gasteiger partial charge in [0, 0.05) is 18.8 Å². The summed E-state index contributed by atoms with van der Waals surface area (Å²) >= 11 is 0. The lowest BCUT2D eigenvalue weighted by Gasteiger charge is -2.26. The molecule has 1 heterocycles. The van der Waals surface area contributed by atoms with Crippen LogP contribution in [0.3, 0.4) is 0 Å². The molecule has 0 saturated heterocycles. The Labute approximate surface area is 114 Å². The molecule has 102 valence electrons. The Kier molecular flexibility index (Phi) is 3.21. The number of para-hydroxylation sites is 1. The summed E-state index contributed by atoms with van der Waals surface area (Å²) in [5.74, 6) is 0.282.